The molecule has 0 bridgehead atoms. The first-order valence-electron chi connectivity index (χ1n) is 10.6. The zero-order chi connectivity index (χ0) is 24.0. The van der Waals surface area contributed by atoms with Crippen molar-refractivity contribution in [2.24, 2.45) is 0 Å². The van der Waals surface area contributed by atoms with Crippen molar-refractivity contribution in [3.05, 3.63) is 77.5 Å². The van der Waals surface area contributed by atoms with E-state index < -0.39 is 24.2 Å². The van der Waals surface area contributed by atoms with E-state index >= 15 is 4.39 Å². The Bertz CT molecular complexity index is 1350. The zero-order valence-corrected chi connectivity index (χ0v) is 18.3. The lowest BCUT2D eigenvalue weighted by atomic mass is 10.0. The third kappa shape index (κ3) is 3.98. The topological polar surface area (TPSA) is 61.5 Å². The maximum atomic E-state index is 15.0. The summed E-state index contributed by atoms with van der Waals surface area (Å²) in [7, 11) is 0. The largest absolute Gasteiger partial charge is 0.434 e. The molecule has 1 aliphatic rings. The number of halogens is 4. The molecule has 0 amide bonds. The van der Waals surface area contributed by atoms with Crippen LogP contribution >= 0.6 is 0 Å². The summed E-state index contributed by atoms with van der Waals surface area (Å²) in [5.41, 5.74) is 0.816. The molecule has 0 spiro atoms. The standard InChI is InChI=1S/C24H20F4N4O2/c1-24(2,28)22-29-10-13(11-30-22)15-12-32-19(9-16(15)25)31-17-7-8-33-21(20(17)32)14-5-3-4-6-18(14)34-23(26)27/h3-6,9-12,21,23H,7-8H2,1-2H3. The molecule has 0 saturated heterocycles. The summed E-state index contributed by atoms with van der Waals surface area (Å²) in [6.07, 6.45) is 3.98. The smallest absolute Gasteiger partial charge is 0.387 e. The van der Waals surface area contributed by atoms with Gasteiger partial charge in [0.2, 0.25) is 0 Å². The number of aromatic nitrogens is 4. The second-order valence-corrected chi connectivity index (χ2v) is 8.39. The number of hydrogen-bond donors (Lipinski definition) is 0. The van der Waals surface area contributed by atoms with Gasteiger partial charge in [-0.15, -0.1) is 0 Å². The number of rotatable bonds is 5. The molecule has 0 saturated carbocycles. The van der Waals surface area contributed by atoms with E-state index in [2.05, 4.69) is 15.0 Å². The van der Waals surface area contributed by atoms with Gasteiger partial charge in [0.15, 0.2) is 11.5 Å². The summed E-state index contributed by atoms with van der Waals surface area (Å²) in [6.45, 7) is -0.0113. The number of ether oxygens (including phenoxy) is 2. The van der Waals surface area contributed by atoms with Crippen LogP contribution in [-0.4, -0.2) is 32.6 Å². The monoisotopic (exact) mass is 472 g/mol. The summed E-state index contributed by atoms with van der Waals surface area (Å²) >= 11 is 0. The van der Waals surface area contributed by atoms with Crippen molar-refractivity contribution in [2.75, 3.05) is 6.61 Å². The molecule has 1 aromatic carbocycles. The number of para-hydroxylation sites is 1. The van der Waals surface area contributed by atoms with E-state index in [-0.39, 0.29) is 17.1 Å². The van der Waals surface area contributed by atoms with Gasteiger partial charge < -0.3 is 9.47 Å². The van der Waals surface area contributed by atoms with Crippen LogP contribution in [0.5, 0.6) is 5.75 Å². The van der Waals surface area contributed by atoms with Crippen LogP contribution in [0.1, 0.15) is 42.7 Å². The molecule has 34 heavy (non-hydrogen) atoms. The van der Waals surface area contributed by atoms with Crippen LogP contribution in [-0.2, 0) is 16.8 Å². The second kappa shape index (κ2) is 8.35. The lowest BCUT2D eigenvalue weighted by Gasteiger charge is -2.25. The van der Waals surface area contributed by atoms with E-state index in [1.54, 1.807) is 22.6 Å². The molecule has 5 rings (SSSR count). The fourth-order valence-corrected chi connectivity index (χ4v) is 4.07. The quantitative estimate of drug-likeness (QED) is 0.364. The Kier molecular flexibility index (Phi) is 5.47. The van der Waals surface area contributed by atoms with Crippen molar-refractivity contribution in [3.63, 3.8) is 0 Å². The number of fused-ring (bicyclic) bond motifs is 3. The van der Waals surface area contributed by atoms with Crippen LogP contribution in [0.3, 0.4) is 0 Å². The first-order valence-corrected chi connectivity index (χ1v) is 10.6. The van der Waals surface area contributed by atoms with Crippen molar-refractivity contribution in [1.82, 2.24) is 19.4 Å². The molecular weight excluding hydrogens is 452 g/mol. The molecule has 6 nitrogen and oxygen atoms in total. The number of hydrogen-bond acceptors (Lipinski definition) is 5. The Labute approximate surface area is 192 Å². The fraction of sp³-hybridized carbons (Fsp3) is 0.292. The van der Waals surface area contributed by atoms with Gasteiger partial charge in [0.1, 0.15) is 23.3 Å². The predicted octanol–water partition coefficient (Wildman–Crippen LogP) is 5.40. The van der Waals surface area contributed by atoms with Gasteiger partial charge in [0.25, 0.3) is 0 Å². The van der Waals surface area contributed by atoms with Crippen LogP contribution in [0.4, 0.5) is 17.6 Å². The Balaban J connectivity index is 1.64. The van der Waals surface area contributed by atoms with Crippen LogP contribution in [0.25, 0.3) is 16.8 Å². The molecule has 0 N–H and O–H groups in total. The lowest BCUT2D eigenvalue weighted by molar-refractivity contribution is -0.0522. The van der Waals surface area contributed by atoms with E-state index in [0.717, 1.165) is 0 Å². The summed E-state index contributed by atoms with van der Waals surface area (Å²) in [5.74, 6) is -0.572. The first-order chi connectivity index (χ1) is 16.2. The highest BCUT2D eigenvalue weighted by atomic mass is 19.3. The van der Waals surface area contributed by atoms with Crippen molar-refractivity contribution in [2.45, 2.75) is 38.7 Å². The average Bonchev–Trinajstić information content (AvgIpc) is 3.15. The van der Waals surface area contributed by atoms with E-state index in [9.17, 15) is 13.2 Å². The van der Waals surface area contributed by atoms with Crippen LogP contribution < -0.4 is 4.74 Å². The van der Waals surface area contributed by atoms with Gasteiger partial charge in [0.05, 0.1) is 18.0 Å². The molecule has 176 valence electrons. The van der Waals surface area contributed by atoms with Gasteiger partial charge >= 0.3 is 6.61 Å². The highest BCUT2D eigenvalue weighted by molar-refractivity contribution is 5.65. The van der Waals surface area contributed by atoms with Gasteiger partial charge in [-0.25, -0.2) is 23.7 Å². The van der Waals surface area contributed by atoms with Crippen molar-refractivity contribution >= 4 is 5.65 Å². The van der Waals surface area contributed by atoms with Gasteiger partial charge in [-0.3, -0.25) is 4.40 Å². The van der Waals surface area contributed by atoms with Crippen LogP contribution in [0.2, 0.25) is 0 Å². The average molecular weight is 472 g/mol. The minimum atomic E-state index is -3.00. The summed E-state index contributed by atoms with van der Waals surface area (Å²) in [6, 6.07) is 7.66. The van der Waals surface area contributed by atoms with Crippen molar-refractivity contribution < 1.29 is 27.0 Å². The van der Waals surface area contributed by atoms with E-state index in [4.69, 9.17) is 9.47 Å². The number of imidazole rings is 1. The van der Waals surface area contributed by atoms with Gasteiger partial charge in [-0.05, 0) is 19.9 Å². The maximum absolute atomic E-state index is 15.0. The minimum Gasteiger partial charge on any atom is -0.434 e. The second-order valence-electron chi connectivity index (χ2n) is 8.39. The molecule has 4 aromatic rings. The SMILES string of the molecule is CC(C)(F)c1ncc(-c2cn3c4c(nc3cc2F)CCOC4c2ccccc2OC(F)F)cn1. The minimum absolute atomic E-state index is 0.00883. The Morgan fingerprint density at radius 1 is 1.18 bits per heavy atom. The van der Waals surface area contributed by atoms with Crippen LogP contribution in [0, 0.1) is 5.82 Å². The Morgan fingerprint density at radius 2 is 1.91 bits per heavy atom. The molecule has 1 aliphatic heterocycles. The van der Waals surface area contributed by atoms with E-state index in [1.807, 2.05) is 0 Å². The van der Waals surface area contributed by atoms with E-state index in [1.165, 1.54) is 44.6 Å². The molecule has 10 heteroatoms. The van der Waals surface area contributed by atoms with Crippen molar-refractivity contribution in [3.8, 4) is 16.9 Å². The summed E-state index contributed by atoms with van der Waals surface area (Å²) in [5, 5.41) is 0. The number of benzene rings is 1. The van der Waals surface area contributed by atoms with Gasteiger partial charge in [0, 0.05) is 47.8 Å². The molecule has 0 fully saturated rings. The van der Waals surface area contributed by atoms with Crippen LogP contribution in [0.15, 0.2) is 48.9 Å². The molecular formula is C24H20F4N4O2. The predicted molar refractivity (Wildman–Crippen MR) is 115 cm³/mol. The number of pyridine rings is 1. The highest BCUT2D eigenvalue weighted by Crippen LogP contribution is 2.39. The highest BCUT2D eigenvalue weighted by Gasteiger charge is 2.31. The zero-order valence-electron chi connectivity index (χ0n) is 18.3. The van der Waals surface area contributed by atoms with Crippen molar-refractivity contribution in [1.29, 1.82) is 0 Å². The number of alkyl halides is 3. The summed E-state index contributed by atoms with van der Waals surface area (Å²) < 4.78 is 67.4. The molecule has 0 aliphatic carbocycles. The lowest BCUT2D eigenvalue weighted by Crippen LogP contribution is -2.20. The van der Waals surface area contributed by atoms with Gasteiger partial charge in [-0.1, -0.05) is 18.2 Å². The van der Waals surface area contributed by atoms with E-state index in [0.29, 0.717) is 41.2 Å². The Hall–Kier alpha value is -3.53. The molecule has 0 radical (unpaired) electrons. The fourth-order valence-electron chi connectivity index (χ4n) is 4.07. The third-order valence-electron chi connectivity index (χ3n) is 5.61. The molecule has 4 heterocycles. The summed E-state index contributed by atoms with van der Waals surface area (Å²) in [4.78, 5) is 12.6. The first kappa shape index (κ1) is 22.3. The maximum Gasteiger partial charge on any atom is 0.387 e. The Morgan fingerprint density at radius 3 is 2.62 bits per heavy atom. The normalized spacial score (nSPS) is 16.1. The van der Waals surface area contributed by atoms with Gasteiger partial charge in [-0.2, -0.15) is 8.78 Å². The molecule has 1 atom stereocenters. The molecule has 3 aromatic heterocycles. The number of nitrogens with zero attached hydrogens (tertiary/aromatic N) is 4. The third-order valence-corrected chi connectivity index (χ3v) is 5.61. The molecule has 1 unspecified atom stereocenters.